The molecule has 118 valence electrons. The predicted molar refractivity (Wildman–Crippen MR) is 104 cm³/mol. The van der Waals surface area contributed by atoms with Crippen LogP contribution in [0.25, 0.3) is 0 Å². The van der Waals surface area contributed by atoms with Gasteiger partial charge in [-0.15, -0.1) is 24.0 Å². The second-order valence-corrected chi connectivity index (χ2v) is 5.56. The fourth-order valence-electron chi connectivity index (χ4n) is 1.70. The van der Waals surface area contributed by atoms with Gasteiger partial charge in [0.25, 0.3) is 0 Å². The molecule has 0 aromatic heterocycles. The monoisotopic (exact) mass is 467 g/mol. The van der Waals surface area contributed by atoms with Crippen LogP contribution in [-0.4, -0.2) is 26.2 Å². The topological polar surface area (TPSA) is 59.6 Å². The number of benzene rings is 1. The molecule has 21 heavy (non-hydrogen) atoms. The molecule has 0 unspecified atom stereocenters. The molecule has 0 aliphatic rings. The Labute approximate surface area is 152 Å². The lowest BCUT2D eigenvalue weighted by Gasteiger charge is -2.10. The summed E-state index contributed by atoms with van der Waals surface area (Å²) in [7, 11) is 1.69. The van der Waals surface area contributed by atoms with Gasteiger partial charge in [-0.2, -0.15) is 0 Å². The minimum Gasteiger partial charge on any atom is -0.496 e. The number of hydrogen-bond donors (Lipinski definition) is 2. The number of aryl methyl sites for hydroxylation is 1. The van der Waals surface area contributed by atoms with Crippen molar-refractivity contribution in [1.82, 2.24) is 5.32 Å². The summed E-state index contributed by atoms with van der Waals surface area (Å²) in [5.74, 6) is 1.37. The Morgan fingerprint density at radius 1 is 1.48 bits per heavy atom. The molecular formula is C15H23BrIN3O. The van der Waals surface area contributed by atoms with Crippen molar-refractivity contribution in [1.29, 1.82) is 0 Å². The Morgan fingerprint density at radius 3 is 2.81 bits per heavy atom. The first-order valence-corrected chi connectivity index (χ1v) is 7.33. The Kier molecular flexibility index (Phi) is 10.5. The van der Waals surface area contributed by atoms with Crippen molar-refractivity contribution in [2.24, 2.45) is 10.7 Å². The summed E-state index contributed by atoms with van der Waals surface area (Å²) in [4.78, 5) is 4.17. The van der Waals surface area contributed by atoms with E-state index in [0.29, 0.717) is 12.5 Å². The average molecular weight is 468 g/mol. The predicted octanol–water partition coefficient (Wildman–Crippen LogP) is 3.49. The summed E-state index contributed by atoms with van der Waals surface area (Å²) in [5, 5.41) is 3.09. The molecule has 4 nitrogen and oxygen atoms in total. The summed E-state index contributed by atoms with van der Waals surface area (Å²) in [5.41, 5.74) is 7.93. The molecule has 0 heterocycles. The molecule has 1 aromatic rings. The fourth-order valence-corrected chi connectivity index (χ4v) is 2.04. The molecule has 0 amide bonds. The first-order chi connectivity index (χ1) is 9.52. The van der Waals surface area contributed by atoms with Crippen LogP contribution in [0.4, 0.5) is 0 Å². The number of nitrogens with two attached hydrogens (primary N) is 1. The van der Waals surface area contributed by atoms with Gasteiger partial charge in [0, 0.05) is 11.0 Å². The minimum absolute atomic E-state index is 0. The number of aliphatic imine (C=N–C) groups is 1. The lowest BCUT2D eigenvalue weighted by Crippen LogP contribution is -2.32. The third-order valence-electron chi connectivity index (χ3n) is 2.70. The zero-order valence-corrected chi connectivity index (χ0v) is 16.4. The summed E-state index contributed by atoms with van der Waals surface area (Å²) < 4.78 is 6.38. The third kappa shape index (κ3) is 8.31. The second kappa shape index (κ2) is 10.9. The second-order valence-electron chi connectivity index (χ2n) is 4.65. The van der Waals surface area contributed by atoms with E-state index in [2.05, 4.69) is 38.9 Å². The van der Waals surface area contributed by atoms with E-state index in [-0.39, 0.29) is 24.0 Å². The molecule has 1 rings (SSSR count). The standard InChI is InChI=1S/C15H22BrN3O.HI/c1-11(2)10-19-15(17)18-8-4-5-12-6-7-13(16)9-14(12)20-3;/h6-7,9H,1,4-5,8,10H2,2-3H3,(H3,17,18,19);1H. The number of ether oxygens (including phenoxy) is 1. The van der Waals surface area contributed by atoms with Crippen LogP contribution < -0.4 is 15.8 Å². The average Bonchev–Trinajstić information content (AvgIpc) is 2.42. The maximum Gasteiger partial charge on any atom is 0.188 e. The van der Waals surface area contributed by atoms with E-state index in [1.165, 1.54) is 5.56 Å². The largest absolute Gasteiger partial charge is 0.496 e. The molecule has 0 saturated carbocycles. The Hall–Kier alpha value is -0.760. The quantitative estimate of drug-likeness (QED) is 0.212. The van der Waals surface area contributed by atoms with Crippen molar-refractivity contribution in [3.8, 4) is 5.75 Å². The molecule has 0 spiro atoms. The normalized spacial score (nSPS) is 10.7. The SMILES string of the molecule is C=C(C)CN=C(N)NCCCc1ccc(Br)cc1OC.I. The molecule has 0 fully saturated rings. The van der Waals surface area contributed by atoms with Gasteiger partial charge in [-0.1, -0.05) is 34.1 Å². The van der Waals surface area contributed by atoms with Gasteiger partial charge in [-0.3, -0.25) is 0 Å². The van der Waals surface area contributed by atoms with Crippen LogP contribution in [0.3, 0.4) is 0 Å². The van der Waals surface area contributed by atoms with E-state index in [1.54, 1.807) is 7.11 Å². The van der Waals surface area contributed by atoms with Crippen molar-refractivity contribution >= 4 is 45.9 Å². The van der Waals surface area contributed by atoms with E-state index in [9.17, 15) is 0 Å². The fraction of sp³-hybridized carbons (Fsp3) is 0.400. The number of hydrogen-bond acceptors (Lipinski definition) is 2. The number of nitrogens with one attached hydrogen (secondary N) is 1. The number of nitrogens with zero attached hydrogens (tertiary/aromatic N) is 1. The van der Waals surface area contributed by atoms with Crippen molar-refractivity contribution in [2.75, 3.05) is 20.2 Å². The number of guanidine groups is 1. The highest BCUT2D eigenvalue weighted by Crippen LogP contribution is 2.24. The smallest absolute Gasteiger partial charge is 0.188 e. The summed E-state index contributed by atoms with van der Waals surface area (Å²) in [6.45, 7) is 7.06. The van der Waals surface area contributed by atoms with Gasteiger partial charge < -0.3 is 15.8 Å². The van der Waals surface area contributed by atoms with Crippen LogP contribution in [0.15, 0.2) is 39.8 Å². The molecule has 1 aromatic carbocycles. The molecular weight excluding hydrogens is 445 g/mol. The first-order valence-electron chi connectivity index (χ1n) is 6.53. The van der Waals surface area contributed by atoms with Gasteiger partial charge in [0.15, 0.2) is 5.96 Å². The number of methoxy groups -OCH3 is 1. The van der Waals surface area contributed by atoms with Crippen LogP contribution in [0.2, 0.25) is 0 Å². The van der Waals surface area contributed by atoms with E-state index in [1.807, 2.05) is 19.1 Å². The molecule has 0 aliphatic carbocycles. The van der Waals surface area contributed by atoms with Crippen LogP contribution in [0.1, 0.15) is 18.9 Å². The maximum absolute atomic E-state index is 5.74. The number of halogens is 2. The van der Waals surface area contributed by atoms with Crippen molar-refractivity contribution < 1.29 is 4.74 Å². The van der Waals surface area contributed by atoms with Gasteiger partial charge in [-0.05, 0) is 37.5 Å². The highest BCUT2D eigenvalue weighted by Gasteiger charge is 2.03. The van der Waals surface area contributed by atoms with E-state index in [4.69, 9.17) is 10.5 Å². The molecule has 0 atom stereocenters. The van der Waals surface area contributed by atoms with Gasteiger partial charge >= 0.3 is 0 Å². The lowest BCUT2D eigenvalue weighted by atomic mass is 10.1. The summed E-state index contributed by atoms with van der Waals surface area (Å²) >= 11 is 3.44. The zero-order valence-electron chi connectivity index (χ0n) is 12.5. The summed E-state index contributed by atoms with van der Waals surface area (Å²) in [6.07, 6.45) is 1.89. The van der Waals surface area contributed by atoms with Crippen molar-refractivity contribution in [3.05, 3.63) is 40.4 Å². The van der Waals surface area contributed by atoms with E-state index < -0.39 is 0 Å². The van der Waals surface area contributed by atoms with Crippen LogP contribution in [0.5, 0.6) is 5.75 Å². The van der Waals surface area contributed by atoms with E-state index >= 15 is 0 Å². The van der Waals surface area contributed by atoms with Crippen LogP contribution >= 0.6 is 39.9 Å². The van der Waals surface area contributed by atoms with E-state index in [0.717, 1.165) is 35.2 Å². The Morgan fingerprint density at radius 2 is 2.19 bits per heavy atom. The number of rotatable bonds is 7. The Bertz CT molecular complexity index is 492. The molecule has 6 heteroatoms. The first kappa shape index (κ1) is 20.2. The minimum atomic E-state index is 0. The Balaban J connectivity index is 0.00000400. The van der Waals surface area contributed by atoms with Gasteiger partial charge in [0.05, 0.1) is 13.7 Å². The zero-order chi connectivity index (χ0) is 15.0. The van der Waals surface area contributed by atoms with Gasteiger partial charge in [0.2, 0.25) is 0 Å². The van der Waals surface area contributed by atoms with Gasteiger partial charge in [-0.25, -0.2) is 4.99 Å². The van der Waals surface area contributed by atoms with Crippen LogP contribution in [-0.2, 0) is 6.42 Å². The lowest BCUT2D eigenvalue weighted by molar-refractivity contribution is 0.409. The van der Waals surface area contributed by atoms with Crippen molar-refractivity contribution in [3.63, 3.8) is 0 Å². The molecule has 0 radical (unpaired) electrons. The highest BCUT2D eigenvalue weighted by molar-refractivity contribution is 14.0. The third-order valence-corrected chi connectivity index (χ3v) is 3.19. The highest BCUT2D eigenvalue weighted by atomic mass is 127. The summed E-state index contributed by atoms with van der Waals surface area (Å²) in [6, 6.07) is 6.07. The van der Waals surface area contributed by atoms with Crippen LogP contribution in [0, 0.1) is 0 Å². The molecule has 0 bridgehead atoms. The molecule has 0 saturated heterocycles. The molecule has 0 aliphatic heterocycles. The van der Waals surface area contributed by atoms with Crippen molar-refractivity contribution in [2.45, 2.75) is 19.8 Å². The maximum atomic E-state index is 5.74. The molecule has 3 N–H and O–H groups in total. The van der Waals surface area contributed by atoms with Gasteiger partial charge in [0.1, 0.15) is 5.75 Å².